The third kappa shape index (κ3) is 3.23. The Labute approximate surface area is 143 Å². The van der Waals surface area contributed by atoms with Crippen molar-refractivity contribution in [2.24, 2.45) is 0 Å². The number of hydrogen-bond donors (Lipinski definition) is 3. The van der Waals surface area contributed by atoms with E-state index in [0.717, 1.165) is 11.3 Å². The molecule has 3 N–H and O–H groups in total. The van der Waals surface area contributed by atoms with Crippen molar-refractivity contribution in [3.8, 4) is 0 Å². The number of benzene rings is 1. The summed E-state index contributed by atoms with van der Waals surface area (Å²) in [4.78, 5) is 35.0. The molecule has 0 unspecified atom stereocenters. The van der Waals surface area contributed by atoms with Crippen LogP contribution in [0.1, 0.15) is 36.2 Å². The molecule has 2 aromatic rings. The van der Waals surface area contributed by atoms with E-state index >= 15 is 0 Å². The maximum Gasteiger partial charge on any atom is 0.331 e. The Bertz CT molecular complexity index is 869. The van der Waals surface area contributed by atoms with E-state index in [2.05, 4.69) is 15.7 Å². The summed E-state index contributed by atoms with van der Waals surface area (Å²) in [5, 5.41) is 18.7. The Hall–Kier alpha value is -3.16. The molecule has 1 aliphatic rings. The molecule has 1 aliphatic heterocycles. The number of nitrogens with zero attached hydrogens (tertiary/aromatic N) is 2. The average molecular weight is 342 g/mol. The van der Waals surface area contributed by atoms with Crippen molar-refractivity contribution in [3.05, 3.63) is 41.7 Å². The van der Waals surface area contributed by atoms with Crippen molar-refractivity contribution in [3.63, 3.8) is 0 Å². The quantitative estimate of drug-likeness (QED) is 0.784. The third-order valence-corrected chi connectivity index (χ3v) is 4.20. The highest BCUT2D eigenvalue weighted by Gasteiger charge is 2.30. The molecule has 0 spiro atoms. The first-order valence-electron chi connectivity index (χ1n) is 7.80. The second kappa shape index (κ2) is 6.04. The lowest BCUT2D eigenvalue weighted by atomic mass is 10.00. The zero-order valence-electron chi connectivity index (χ0n) is 13.9. The molecule has 2 heterocycles. The van der Waals surface area contributed by atoms with Gasteiger partial charge in [-0.05, 0) is 44.0 Å². The summed E-state index contributed by atoms with van der Waals surface area (Å²) in [6.07, 6.45) is 3.87. The first-order chi connectivity index (χ1) is 11.8. The Morgan fingerprint density at radius 1 is 1.32 bits per heavy atom. The predicted octanol–water partition coefficient (Wildman–Crippen LogP) is 1.84. The molecule has 0 aliphatic carbocycles. The van der Waals surface area contributed by atoms with Gasteiger partial charge in [-0.3, -0.25) is 14.3 Å². The number of fused-ring (bicyclic) bond motifs is 1. The summed E-state index contributed by atoms with van der Waals surface area (Å²) in [6, 6.07) is 5.08. The molecule has 0 bridgehead atoms. The number of carbonyl (C=O) groups is 3. The molecule has 130 valence electrons. The number of carbonyl (C=O) groups excluding carboxylic acids is 2. The fourth-order valence-electron chi connectivity index (χ4n) is 2.52. The summed E-state index contributed by atoms with van der Waals surface area (Å²) in [7, 11) is 0. The van der Waals surface area contributed by atoms with Crippen LogP contribution < -0.4 is 10.6 Å². The smallest absolute Gasteiger partial charge is 0.331 e. The van der Waals surface area contributed by atoms with Gasteiger partial charge in [0.2, 0.25) is 5.91 Å². The van der Waals surface area contributed by atoms with E-state index in [9.17, 15) is 19.5 Å². The lowest BCUT2D eigenvalue weighted by molar-refractivity contribution is -0.146. The number of carboxylic acids is 1. The SMILES string of the molecule is CC(C)(C(=O)O)n1cc(NC(=O)c2ccc3c(c2)CCC(=O)N3)cn1. The number of aliphatic carboxylic acids is 1. The molecule has 0 fully saturated rings. The number of amides is 2. The van der Waals surface area contributed by atoms with Crippen molar-refractivity contribution in [2.45, 2.75) is 32.2 Å². The fraction of sp³-hybridized carbons (Fsp3) is 0.294. The second-order valence-electron chi connectivity index (χ2n) is 6.41. The van der Waals surface area contributed by atoms with Crippen LogP contribution in [0.5, 0.6) is 0 Å². The number of anilines is 2. The largest absolute Gasteiger partial charge is 0.479 e. The van der Waals surface area contributed by atoms with Gasteiger partial charge >= 0.3 is 5.97 Å². The Kier molecular flexibility index (Phi) is 4.03. The summed E-state index contributed by atoms with van der Waals surface area (Å²) < 4.78 is 1.29. The topological polar surface area (TPSA) is 113 Å². The normalized spacial score (nSPS) is 13.8. The second-order valence-corrected chi connectivity index (χ2v) is 6.41. The van der Waals surface area contributed by atoms with Gasteiger partial charge in [-0.25, -0.2) is 4.79 Å². The van der Waals surface area contributed by atoms with E-state index in [4.69, 9.17) is 0 Å². The fourth-order valence-corrected chi connectivity index (χ4v) is 2.52. The number of aromatic nitrogens is 2. The van der Waals surface area contributed by atoms with E-state index in [0.29, 0.717) is 24.1 Å². The van der Waals surface area contributed by atoms with Gasteiger partial charge in [0.1, 0.15) is 0 Å². The molecule has 2 amide bonds. The summed E-state index contributed by atoms with van der Waals surface area (Å²) >= 11 is 0. The zero-order valence-corrected chi connectivity index (χ0v) is 13.9. The average Bonchev–Trinajstić information content (AvgIpc) is 3.03. The standard InChI is InChI=1S/C17H18N4O4/c1-17(2,16(24)25)21-9-12(8-18-21)19-15(23)11-3-5-13-10(7-11)4-6-14(22)20-13/h3,5,7-9H,4,6H2,1-2H3,(H,19,23)(H,20,22)(H,24,25). The third-order valence-electron chi connectivity index (χ3n) is 4.20. The van der Waals surface area contributed by atoms with E-state index in [1.54, 1.807) is 18.2 Å². The first kappa shape index (κ1) is 16.7. The van der Waals surface area contributed by atoms with Crippen LogP contribution in [-0.2, 0) is 21.5 Å². The van der Waals surface area contributed by atoms with Gasteiger partial charge in [0.25, 0.3) is 5.91 Å². The molecule has 8 heteroatoms. The summed E-state index contributed by atoms with van der Waals surface area (Å²) in [5.74, 6) is -1.38. The number of rotatable bonds is 4. The van der Waals surface area contributed by atoms with Crippen molar-refractivity contribution < 1.29 is 19.5 Å². The monoisotopic (exact) mass is 342 g/mol. The number of aryl methyl sites for hydroxylation is 1. The van der Waals surface area contributed by atoms with Gasteiger partial charge in [0, 0.05) is 23.9 Å². The maximum atomic E-state index is 12.4. The number of nitrogens with one attached hydrogen (secondary N) is 2. The van der Waals surface area contributed by atoms with Crippen LogP contribution in [0.15, 0.2) is 30.6 Å². The molecule has 0 saturated heterocycles. The Balaban J connectivity index is 1.76. The highest BCUT2D eigenvalue weighted by atomic mass is 16.4. The molecular formula is C17H18N4O4. The van der Waals surface area contributed by atoms with Crippen LogP contribution in [0.3, 0.4) is 0 Å². The van der Waals surface area contributed by atoms with Gasteiger partial charge in [0.05, 0.1) is 11.9 Å². The molecule has 0 atom stereocenters. The minimum Gasteiger partial charge on any atom is -0.479 e. The van der Waals surface area contributed by atoms with Crippen LogP contribution in [0.25, 0.3) is 0 Å². The van der Waals surface area contributed by atoms with Gasteiger partial charge in [-0.1, -0.05) is 0 Å². The lowest BCUT2D eigenvalue weighted by Crippen LogP contribution is -2.35. The van der Waals surface area contributed by atoms with E-state index < -0.39 is 11.5 Å². The molecule has 1 aromatic heterocycles. The lowest BCUT2D eigenvalue weighted by Gasteiger charge is -2.19. The van der Waals surface area contributed by atoms with Gasteiger partial charge < -0.3 is 15.7 Å². The number of carboxylic acid groups (broad SMARTS) is 1. The summed E-state index contributed by atoms with van der Waals surface area (Å²) in [5.41, 5.74) is 1.29. The van der Waals surface area contributed by atoms with Crippen LogP contribution in [0, 0.1) is 0 Å². The molecule has 25 heavy (non-hydrogen) atoms. The molecule has 1 aromatic carbocycles. The Morgan fingerprint density at radius 2 is 2.08 bits per heavy atom. The summed E-state index contributed by atoms with van der Waals surface area (Å²) in [6.45, 7) is 3.04. The van der Waals surface area contributed by atoms with Gasteiger partial charge in [-0.15, -0.1) is 0 Å². The predicted molar refractivity (Wildman–Crippen MR) is 90.5 cm³/mol. The van der Waals surface area contributed by atoms with Crippen molar-refractivity contribution in [2.75, 3.05) is 10.6 Å². The van der Waals surface area contributed by atoms with Gasteiger partial charge in [0.15, 0.2) is 5.54 Å². The van der Waals surface area contributed by atoms with E-state index in [-0.39, 0.29) is 11.8 Å². The van der Waals surface area contributed by atoms with Crippen molar-refractivity contribution >= 4 is 29.2 Å². The maximum absolute atomic E-state index is 12.4. The van der Waals surface area contributed by atoms with Gasteiger partial charge in [-0.2, -0.15) is 5.10 Å². The van der Waals surface area contributed by atoms with Crippen LogP contribution >= 0.6 is 0 Å². The number of hydrogen-bond acceptors (Lipinski definition) is 4. The molecule has 0 saturated carbocycles. The van der Waals surface area contributed by atoms with Crippen molar-refractivity contribution in [1.29, 1.82) is 0 Å². The Morgan fingerprint density at radius 3 is 2.80 bits per heavy atom. The molecule has 3 rings (SSSR count). The first-order valence-corrected chi connectivity index (χ1v) is 7.80. The molecule has 0 radical (unpaired) electrons. The van der Waals surface area contributed by atoms with Crippen LogP contribution in [-0.4, -0.2) is 32.7 Å². The van der Waals surface area contributed by atoms with E-state index in [1.165, 1.54) is 30.9 Å². The molecule has 8 nitrogen and oxygen atoms in total. The minimum absolute atomic E-state index is 0.0295. The molecular weight excluding hydrogens is 324 g/mol. The van der Waals surface area contributed by atoms with Crippen molar-refractivity contribution in [1.82, 2.24) is 9.78 Å². The zero-order chi connectivity index (χ0) is 18.2. The van der Waals surface area contributed by atoms with E-state index in [1.807, 2.05) is 0 Å². The minimum atomic E-state index is -1.22. The highest BCUT2D eigenvalue weighted by molar-refractivity contribution is 6.05. The van der Waals surface area contributed by atoms with Crippen LogP contribution in [0.2, 0.25) is 0 Å². The van der Waals surface area contributed by atoms with Crippen LogP contribution in [0.4, 0.5) is 11.4 Å². The highest BCUT2D eigenvalue weighted by Crippen LogP contribution is 2.24.